The zero-order valence-corrected chi connectivity index (χ0v) is 13.8. The molecular formula is C19H20N2O4. The van der Waals surface area contributed by atoms with E-state index in [-0.39, 0.29) is 11.6 Å². The van der Waals surface area contributed by atoms with Gasteiger partial charge in [-0.1, -0.05) is 18.6 Å². The van der Waals surface area contributed by atoms with Gasteiger partial charge in [0.15, 0.2) is 0 Å². The van der Waals surface area contributed by atoms with Crippen LogP contribution in [0.3, 0.4) is 0 Å². The van der Waals surface area contributed by atoms with E-state index in [0.717, 1.165) is 17.7 Å². The minimum Gasteiger partial charge on any atom is -0.489 e. The van der Waals surface area contributed by atoms with E-state index >= 15 is 0 Å². The van der Waals surface area contributed by atoms with Crippen molar-refractivity contribution in [3.8, 4) is 11.8 Å². The Hall–Kier alpha value is -2.34. The Morgan fingerprint density at radius 1 is 1.20 bits per heavy atom. The summed E-state index contributed by atoms with van der Waals surface area (Å²) < 4.78 is 13.6. The van der Waals surface area contributed by atoms with Gasteiger partial charge in [-0.25, -0.2) is 0 Å². The van der Waals surface area contributed by atoms with Crippen LogP contribution >= 0.6 is 0 Å². The van der Waals surface area contributed by atoms with Gasteiger partial charge in [0.05, 0.1) is 6.54 Å². The molecule has 0 spiro atoms. The fourth-order valence-electron chi connectivity index (χ4n) is 4.29. The van der Waals surface area contributed by atoms with Crippen molar-refractivity contribution in [1.29, 1.82) is 0 Å². The molecular weight excluding hydrogens is 320 g/mol. The molecule has 130 valence electrons. The van der Waals surface area contributed by atoms with Crippen LogP contribution in [0.5, 0.6) is 11.8 Å². The Morgan fingerprint density at radius 3 is 3.00 bits per heavy atom. The molecule has 2 aliphatic heterocycles. The average molecular weight is 340 g/mol. The third kappa shape index (κ3) is 2.43. The van der Waals surface area contributed by atoms with Crippen molar-refractivity contribution < 1.29 is 14.6 Å². The lowest BCUT2D eigenvalue weighted by molar-refractivity contribution is 0.0457. The van der Waals surface area contributed by atoms with Crippen molar-refractivity contribution in [2.24, 2.45) is 0 Å². The van der Waals surface area contributed by atoms with Crippen molar-refractivity contribution in [3.63, 3.8) is 0 Å². The first kappa shape index (κ1) is 15.0. The predicted molar refractivity (Wildman–Crippen MR) is 89.9 cm³/mol. The number of fused-ring (bicyclic) bond motifs is 4. The minimum atomic E-state index is -0.798. The Kier molecular flexibility index (Phi) is 3.35. The van der Waals surface area contributed by atoms with E-state index in [0.29, 0.717) is 18.6 Å². The molecule has 0 amide bonds. The monoisotopic (exact) mass is 340 g/mol. The largest absolute Gasteiger partial charge is 0.489 e. The molecule has 6 heteroatoms. The Bertz CT molecular complexity index is 878. The fourth-order valence-corrected chi connectivity index (χ4v) is 4.29. The SMILES string of the molecule is O=c1ccn2c(n1)OC(C(O)c1ccc3c(c1)OC1CCCCC31)C2. The summed E-state index contributed by atoms with van der Waals surface area (Å²) in [6, 6.07) is 7.66. The molecule has 1 saturated carbocycles. The van der Waals surface area contributed by atoms with Crippen molar-refractivity contribution in [2.45, 2.75) is 56.5 Å². The van der Waals surface area contributed by atoms with Crippen LogP contribution in [0, 0.1) is 0 Å². The summed E-state index contributed by atoms with van der Waals surface area (Å²) in [6.45, 7) is 0.465. The highest BCUT2D eigenvalue weighted by Crippen LogP contribution is 2.46. The van der Waals surface area contributed by atoms with Crippen LogP contribution in [0.2, 0.25) is 0 Å². The van der Waals surface area contributed by atoms with E-state index < -0.39 is 12.2 Å². The molecule has 1 aromatic heterocycles. The second-order valence-electron chi connectivity index (χ2n) is 7.15. The quantitative estimate of drug-likeness (QED) is 0.907. The summed E-state index contributed by atoms with van der Waals surface area (Å²) in [5.74, 6) is 1.40. The van der Waals surface area contributed by atoms with Gasteiger partial charge in [-0.05, 0) is 30.9 Å². The molecule has 1 aromatic carbocycles. The van der Waals surface area contributed by atoms with E-state index in [2.05, 4.69) is 11.1 Å². The lowest BCUT2D eigenvalue weighted by Gasteiger charge is -2.23. The first-order chi connectivity index (χ1) is 12.2. The van der Waals surface area contributed by atoms with Crippen molar-refractivity contribution in [3.05, 3.63) is 51.9 Å². The molecule has 2 aromatic rings. The van der Waals surface area contributed by atoms with Gasteiger partial charge in [0.2, 0.25) is 0 Å². The number of hydrogen-bond donors (Lipinski definition) is 1. The van der Waals surface area contributed by atoms with E-state index in [1.807, 2.05) is 12.1 Å². The number of ether oxygens (including phenoxy) is 2. The Labute approximate surface area is 145 Å². The second-order valence-corrected chi connectivity index (χ2v) is 7.15. The van der Waals surface area contributed by atoms with E-state index in [1.165, 1.54) is 30.9 Å². The molecule has 6 nitrogen and oxygen atoms in total. The summed E-state index contributed by atoms with van der Waals surface area (Å²) in [6.07, 6.45) is 5.45. The summed E-state index contributed by atoms with van der Waals surface area (Å²) in [4.78, 5) is 15.2. The zero-order chi connectivity index (χ0) is 17.0. The predicted octanol–water partition coefficient (Wildman–Crippen LogP) is 2.16. The maximum absolute atomic E-state index is 11.3. The smallest absolute Gasteiger partial charge is 0.300 e. The van der Waals surface area contributed by atoms with Crippen molar-refractivity contribution in [1.82, 2.24) is 9.55 Å². The highest BCUT2D eigenvalue weighted by molar-refractivity contribution is 5.45. The number of hydrogen-bond acceptors (Lipinski definition) is 5. The summed E-state index contributed by atoms with van der Waals surface area (Å²) >= 11 is 0. The summed E-state index contributed by atoms with van der Waals surface area (Å²) in [5.41, 5.74) is 1.70. The third-order valence-electron chi connectivity index (χ3n) is 5.59. The molecule has 25 heavy (non-hydrogen) atoms. The lowest BCUT2D eigenvalue weighted by Crippen LogP contribution is -2.24. The summed E-state index contributed by atoms with van der Waals surface area (Å²) in [5, 5.41) is 10.8. The fraction of sp³-hybridized carbons (Fsp3) is 0.474. The molecule has 1 aliphatic carbocycles. The van der Waals surface area contributed by atoms with Gasteiger partial charge in [-0.3, -0.25) is 9.36 Å². The van der Waals surface area contributed by atoms with Crippen LogP contribution in [0.4, 0.5) is 0 Å². The highest BCUT2D eigenvalue weighted by atomic mass is 16.5. The average Bonchev–Trinajstić information content (AvgIpc) is 3.21. The number of nitrogens with zero attached hydrogens (tertiary/aromatic N) is 2. The molecule has 0 radical (unpaired) electrons. The Morgan fingerprint density at radius 2 is 2.08 bits per heavy atom. The van der Waals surface area contributed by atoms with Crippen LogP contribution < -0.4 is 15.0 Å². The van der Waals surface area contributed by atoms with Gasteiger partial charge in [0, 0.05) is 23.7 Å². The van der Waals surface area contributed by atoms with Crippen LogP contribution in [-0.4, -0.2) is 26.9 Å². The number of aliphatic hydroxyl groups excluding tert-OH is 1. The van der Waals surface area contributed by atoms with Gasteiger partial charge in [0.1, 0.15) is 24.1 Å². The standard InChI is InChI=1S/C19H20N2O4/c22-17-7-8-21-10-16(25-19(21)20-17)18(23)11-5-6-13-12-3-1-2-4-14(12)24-15(13)9-11/h5-9,12,14,16,18,23H,1-4,10H2. The van der Waals surface area contributed by atoms with Gasteiger partial charge in [0.25, 0.3) is 11.6 Å². The molecule has 0 bridgehead atoms. The van der Waals surface area contributed by atoms with Gasteiger partial charge >= 0.3 is 0 Å². The van der Waals surface area contributed by atoms with Crippen molar-refractivity contribution in [2.75, 3.05) is 0 Å². The minimum absolute atomic E-state index is 0.264. The molecule has 3 aliphatic rings. The molecule has 4 unspecified atom stereocenters. The molecule has 0 saturated heterocycles. The Balaban J connectivity index is 1.39. The number of benzene rings is 1. The van der Waals surface area contributed by atoms with Crippen LogP contribution in [0.25, 0.3) is 0 Å². The molecule has 1 fully saturated rings. The lowest BCUT2D eigenvalue weighted by atomic mass is 9.83. The maximum atomic E-state index is 11.3. The number of aliphatic hydroxyl groups is 1. The number of rotatable bonds is 2. The normalized spacial score (nSPS) is 27.6. The summed E-state index contributed by atoms with van der Waals surface area (Å²) in [7, 11) is 0. The first-order valence-electron chi connectivity index (χ1n) is 8.92. The van der Waals surface area contributed by atoms with E-state index in [9.17, 15) is 9.90 Å². The molecule has 5 rings (SSSR count). The molecule has 1 N–H and O–H groups in total. The van der Waals surface area contributed by atoms with E-state index in [1.54, 1.807) is 10.8 Å². The van der Waals surface area contributed by atoms with Crippen LogP contribution in [0.15, 0.2) is 35.3 Å². The van der Waals surface area contributed by atoms with Gasteiger partial charge in [-0.2, -0.15) is 4.98 Å². The first-order valence-corrected chi connectivity index (χ1v) is 8.92. The maximum Gasteiger partial charge on any atom is 0.300 e. The van der Waals surface area contributed by atoms with Gasteiger partial charge < -0.3 is 14.6 Å². The highest BCUT2D eigenvalue weighted by Gasteiger charge is 2.37. The number of aromatic nitrogens is 2. The third-order valence-corrected chi connectivity index (χ3v) is 5.59. The van der Waals surface area contributed by atoms with E-state index in [4.69, 9.17) is 9.47 Å². The molecule has 4 atom stereocenters. The zero-order valence-electron chi connectivity index (χ0n) is 13.8. The van der Waals surface area contributed by atoms with Crippen LogP contribution in [0.1, 0.15) is 48.8 Å². The second kappa shape index (κ2) is 5.59. The van der Waals surface area contributed by atoms with Gasteiger partial charge in [-0.15, -0.1) is 0 Å². The molecule has 3 heterocycles. The topological polar surface area (TPSA) is 73.6 Å². The van der Waals surface area contributed by atoms with Crippen LogP contribution in [-0.2, 0) is 6.54 Å². The van der Waals surface area contributed by atoms with Crippen molar-refractivity contribution >= 4 is 0 Å².